The van der Waals surface area contributed by atoms with Gasteiger partial charge in [-0.05, 0) is 30.7 Å². The second kappa shape index (κ2) is 8.95. The second-order valence-electron chi connectivity index (χ2n) is 7.42. The summed E-state index contributed by atoms with van der Waals surface area (Å²) in [5.41, 5.74) is 6.80. The molecule has 0 spiro atoms. The third kappa shape index (κ3) is 5.24. The van der Waals surface area contributed by atoms with Crippen molar-refractivity contribution in [3.63, 3.8) is 0 Å². The number of halogens is 3. The Morgan fingerprint density at radius 3 is 2.63 bits per heavy atom. The molecule has 0 saturated carbocycles. The molecular formula is C21H23ClF2N4O2. The molecule has 0 unspecified atom stereocenters. The van der Waals surface area contributed by atoms with Crippen molar-refractivity contribution in [2.24, 2.45) is 5.73 Å². The minimum atomic E-state index is -2.80. The van der Waals surface area contributed by atoms with Crippen molar-refractivity contribution in [1.29, 1.82) is 0 Å². The zero-order valence-electron chi connectivity index (χ0n) is 16.5. The minimum absolute atomic E-state index is 0.00924. The number of nitrogens with one attached hydrogen (secondary N) is 1. The molecule has 1 aromatic heterocycles. The highest BCUT2D eigenvalue weighted by atomic mass is 35.5. The maximum atomic E-state index is 13.4. The number of carbonyl (C=O) groups is 2. The summed E-state index contributed by atoms with van der Waals surface area (Å²) < 4.78 is 26.8. The SMILES string of the molecule is CCC[C@@H](CC(N)=O)NC(=O)c1nc(-c2cccc(Cl)c2)ccc1N1CC(F)(F)C1. The number of nitrogens with two attached hydrogens (primary N) is 1. The Morgan fingerprint density at radius 1 is 1.30 bits per heavy atom. The van der Waals surface area contributed by atoms with E-state index in [4.69, 9.17) is 17.3 Å². The van der Waals surface area contributed by atoms with Gasteiger partial charge < -0.3 is 16.0 Å². The number of benzene rings is 1. The van der Waals surface area contributed by atoms with E-state index in [-0.39, 0.29) is 12.1 Å². The molecule has 0 bridgehead atoms. The van der Waals surface area contributed by atoms with Gasteiger partial charge in [-0.3, -0.25) is 9.59 Å². The standard InChI is InChI=1S/C21H23ClF2N4O2/c1-2-4-15(10-18(25)29)26-20(30)19-17(28-11-21(23,24)12-28)8-7-16(27-19)13-5-3-6-14(22)9-13/h3,5-9,15H,2,4,10-12H2,1H3,(H2,25,29)(H,26,30)/t15-/m0/s1. The summed E-state index contributed by atoms with van der Waals surface area (Å²) in [6, 6.07) is 9.79. The van der Waals surface area contributed by atoms with E-state index >= 15 is 0 Å². The van der Waals surface area contributed by atoms with E-state index in [1.807, 2.05) is 6.92 Å². The summed E-state index contributed by atoms with van der Waals surface area (Å²) in [6.45, 7) is 0.960. The van der Waals surface area contributed by atoms with Crippen molar-refractivity contribution in [3.8, 4) is 11.3 Å². The number of nitrogens with zero attached hydrogens (tertiary/aromatic N) is 2. The summed E-state index contributed by atoms with van der Waals surface area (Å²) in [4.78, 5) is 30.2. The molecule has 1 saturated heterocycles. The van der Waals surface area contributed by atoms with Gasteiger partial charge >= 0.3 is 0 Å². The van der Waals surface area contributed by atoms with Crippen LogP contribution in [0, 0.1) is 0 Å². The largest absolute Gasteiger partial charge is 0.370 e. The van der Waals surface area contributed by atoms with E-state index < -0.39 is 36.9 Å². The number of amides is 2. The van der Waals surface area contributed by atoms with Crippen LogP contribution in [-0.4, -0.2) is 41.9 Å². The van der Waals surface area contributed by atoms with Crippen molar-refractivity contribution < 1.29 is 18.4 Å². The number of aromatic nitrogens is 1. The molecule has 1 aromatic carbocycles. The lowest BCUT2D eigenvalue weighted by molar-refractivity contribution is -0.118. The quantitative estimate of drug-likeness (QED) is 0.661. The van der Waals surface area contributed by atoms with Gasteiger partial charge in [0.25, 0.3) is 11.8 Å². The Balaban J connectivity index is 1.94. The summed E-state index contributed by atoms with van der Waals surface area (Å²) in [7, 11) is 0. The molecule has 2 heterocycles. The van der Waals surface area contributed by atoms with Crippen molar-refractivity contribution >= 4 is 29.1 Å². The number of primary amides is 1. The van der Waals surface area contributed by atoms with Crippen LogP contribution in [0.2, 0.25) is 5.02 Å². The molecule has 1 atom stereocenters. The van der Waals surface area contributed by atoms with E-state index in [0.29, 0.717) is 28.4 Å². The smallest absolute Gasteiger partial charge is 0.282 e. The van der Waals surface area contributed by atoms with E-state index in [1.54, 1.807) is 36.4 Å². The summed E-state index contributed by atoms with van der Waals surface area (Å²) in [5, 5.41) is 3.29. The van der Waals surface area contributed by atoms with Gasteiger partial charge in [0.15, 0.2) is 5.69 Å². The number of alkyl halides is 2. The number of hydrogen-bond donors (Lipinski definition) is 2. The van der Waals surface area contributed by atoms with Crippen molar-refractivity contribution in [3.05, 3.63) is 47.1 Å². The maximum Gasteiger partial charge on any atom is 0.282 e. The van der Waals surface area contributed by atoms with Gasteiger partial charge in [-0.15, -0.1) is 0 Å². The lowest BCUT2D eigenvalue weighted by Gasteiger charge is -2.41. The summed E-state index contributed by atoms with van der Waals surface area (Å²) in [6.07, 6.45) is 1.28. The molecule has 1 fully saturated rings. The van der Waals surface area contributed by atoms with Gasteiger partial charge in [-0.25, -0.2) is 13.8 Å². The molecule has 0 aliphatic carbocycles. The van der Waals surface area contributed by atoms with Crippen LogP contribution in [0.3, 0.4) is 0 Å². The Morgan fingerprint density at radius 2 is 2.03 bits per heavy atom. The molecule has 1 aliphatic rings. The second-order valence-corrected chi connectivity index (χ2v) is 7.85. The molecule has 3 N–H and O–H groups in total. The highest BCUT2D eigenvalue weighted by molar-refractivity contribution is 6.30. The van der Waals surface area contributed by atoms with Gasteiger partial charge in [0, 0.05) is 23.0 Å². The fourth-order valence-corrected chi connectivity index (χ4v) is 3.63. The van der Waals surface area contributed by atoms with E-state index in [9.17, 15) is 18.4 Å². The predicted octanol–water partition coefficient (Wildman–Crippen LogP) is 3.63. The Hall–Kier alpha value is -2.74. The van der Waals surface area contributed by atoms with E-state index in [1.165, 1.54) is 4.90 Å². The van der Waals surface area contributed by atoms with Crippen LogP contribution in [0.5, 0.6) is 0 Å². The van der Waals surface area contributed by atoms with E-state index in [2.05, 4.69) is 10.3 Å². The molecule has 30 heavy (non-hydrogen) atoms. The van der Waals surface area contributed by atoms with Crippen molar-refractivity contribution in [2.45, 2.75) is 38.2 Å². The molecule has 1 aliphatic heterocycles. The number of hydrogen-bond acceptors (Lipinski definition) is 4. The first-order valence-electron chi connectivity index (χ1n) is 9.67. The van der Waals surface area contributed by atoms with E-state index in [0.717, 1.165) is 6.42 Å². The molecular weight excluding hydrogens is 414 g/mol. The van der Waals surface area contributed by atoms with Gasteiger partial charge in [0.2, 0.25) is 5.91 Å². The van der Waals surface area contributed by atoms with Crippen molar-refractivity contribution in [1.82, 2.24) is 10.3 Å². The molecule has 160 valence electrons. The first kappa shape index (κ1) is 22.0. The van der Waals surface area contributed by atoms with Crippen LogP contribution >= 0.6 is 11.6 Å². The average molecular weight is 437 g/mol. The van der Waals surface area contributed by atoms with Gasteiger partial charge in [-0.1, -0.05) is 37.1 Å². The number of carbonyl (C=O) groups excluding carboxylic acids is 2. The maximum absolute atomic E-state index is 13.4. The summed E-state index contributed by atoms with van der Waals surface area (Å²) >= 11 is 6.05. The molecule has 9 heteroatoms. The zero-order chi connectivity index (χ0) is 21.9. The first-order chi connectivity index (χ1) is 14.2. The highest BCUT2D eigenvalue weighted by Crippen LogP contribution is 2.34. The Bertz CT molecular complexity index is 946. The third-order valence-corrected chi connectivity index (χ3v) is 5.05. The molecule has 2 aromatic rings. The van der Waals surface area contributed by atoms with Crippen LogP contribution in [0.25, 0.3) is 11.3 Å². The predicted molar refractivity (Wildman–Crippen MR) is 112 cm³/mol. The third-order valence-electron chi connectivity index (χ3n) is 4.81. The minimum Gasteiger partial charge on any atom is -0.370 e. The zero-order valence-corrected chi connectivity index (χ0v) is 17.3. The monoisotopic (exact) mass is 436 g/mol. The molecule has 0 radical (unpaired) electrons. The van der Waals surface area contributed by atoms with Crippen LogP contribution in [-0.2, 0) is 4.79 Å². The van der Waals surface area contributed by atoms with Crippen LogP contribution in [0.15, 0.2) is 36.4 Å². The van der Waals surface area contributed by atoms with Crippen LogP contribution in [0.1, 0.15) is 36.7 Å². The number of anilines is 1. The molecule has 6 nitrogen and oxygen atoms in total. The Kier molecular flexibility index (Phi) is 6.55. The lowest BCUT2D eigenvalue weighted by atomic mass is 10.0. The Labute approximate surface area is 178 Å². The number of pyridine rings is 1. The topological polar surface area (TPSA) is 88.3 Å². The first-order valence-corrected chi connectivity index (χ1v) is 10.1. The fourth-order valence-electron chi connectivity index (χ4n) is 3.44. The van der Waals surface area contributed by atoms with Crippen molar-refractivity contribution in [2.75, 3.05) is 18.0 Å². The van der Waals surface area contributed by atoms with Gasteiger partial charge in [0.1, 0.15) is 0 Å². The average Bonchev–Trinajstić information content (AvgIpc) is 2.65. The van der Waals surface area contributed by atoms with Crippen LogP contribution < -0.4 is 16.0 Å². The molecule has 2 amide bonds. The lowest BCUT2D eigenvalue weighted by Crippen LogP contribution is -2.57. The fraction of sp³-hybridized carbons (Fsp3) is 0.381. The summed E-state index contributed by atoms with van der Waals surface area (Å²) in [5.74, 6) is -3.86. The highest BCUT2D eigenvalue weighted by Gasteiger charge is 2.45. The van der Waals surface area contributed by atoms with Gasteiger partial charge in [-0.2, -0.15) is 0 Å². The normalized spacial score (nSPS) is 15.9. The van der Waals surface area contributed by atoms with Crippen LogP contribution in [0.4, 0.5) is 14.5 Å². The number of rotatable bonds is 8. The van der Waals surface area contributed by atoms with Gasteiger partial charge in [0.05, 0.1) is 24.5 Å². The molecule has 3 rings (SSSR count).